The van der Waals surface area contributed by atoms with Gasteiger partial charge < -0.3 is 4.74 Å². The van der Waals surface area contributed by atoms with Crippen molar-refractivity contribution in [1.29, 1.82) is 0 Å². The molecule has 0 bridgehead atoms. The van der Waals surface area contributed by atoms with Crippen molar-refractivity contribution >= 4 is 15.5 Å². The molecular formula is C22H22F2N4O3S. The van der Waals surface area contributed by atoms with Crippen LogP contribution in [0.15, 0.2) is 42.9 Å². The van der Waals surface area contributed by atoms with Gasteiger partial charge in [0.1, 0.15) is 28.1 Å². The summed E-state index contributed by atoms with van der Waals surface area (Å²) < 4.78 is 60.0. The van der Waals surface area contributed by atoms with Crippen LogP contribution in [0.5, 0.6) is 5.75 Å². The first-order valence-corrected chi connectivity index (χ1v) is 11.9. The van der Waals surface area contributed by atoms with Gasteiger partial charge in [0.05, 0.1) is 35.4 Å². The van der Waals surface area contributed by atoms with Gasteiger partial charge in [0.2, 0.25) is 0 Å². The Labute approximate surface area is 184 Å². The molecule has 3 heterocycles. The zero-order chi connectivity index (χ0) is 23.0. The molecule has 0 unspecified atom stereocenters. The van der Waals surface area contributed by atoms with E-state index < -0.39 is 21.5 Å². The highest BCUT2D eigenvalue weighted by molar-refractivity contribution is 7.90. The summed E-state index contributed by atoms with van der Waals surface area (Å²) in [4.78, 5) is 4.60. The zero-order valence-corrected chi connectivity index (χ0v) is 18.7. The third kappa shape index (κ3) is 4.50. The van der Waals surface area contributed by atoms with Gasteiger partial charge in [-0.05, 0) is 37.6 Å². The van der Waals surface area contributed by atoms with Gasteiger partial charge in [-0.1, -0.05) is 6.07 Å². The Kier molecular flexibility index (Phi) is 5.72. The first-order chi connectivity index (χ1) is 15.1. The monoisotopic (exact) mass is 460 g/mol. The predicted octanol–water partition coefficient (Wildman–Crippen LogP) is 3.72. The van der Waals surface area contributed by atoms with E-state index in [0.29, 0.717) is 17.1 Å². The number of pyridine rings is 1. The van der Waals surface area contributed by atoms with Crippen LogP contribution in [0.3, 0.4) is 0 Å². The molecule has 10 heteroatoms. The van der Waals surface area contributed by atoms with Crippen molar-refractivity contribution in [2.45, 2.75) is 27.0 Å². The topological polar surface area (TPSA) is 78.5 Å². The van der Waals surface area contributed by atoms with Crippen LogP contribution in [0.1, 0.15) is 16.8 Å². The predicted molar refractivity (Wildman–Crippen MR) is 116 cm³/mol. The van der Waals surface area contributed by atoms with E-state index in [2.05, 4.69) is 10.1 Å². The van der Waals surface area contributed by atoms with Crippen LogP contribution in [0.2, 0.25) is 0 Å². The van der Waals surface area contributed by atoms with E-state index in [4.69, 9.17) is 4.74 Å². The molecule has 0 aliphatic carbocycles. The van der Waals surface area contributed by atoms with E-state index in [1.54, 1.807) is 23.1 Å². The molecule has 7 nitrogen and oxygen atoms in total. The smallest absolute Gasteiger partial charge is 0.180 e. The summed E-state index contributed by atoms with van der Waals surface area (Å²) in [5, 5.41) is 4.26. The lowest BCUT2D eigenvalue weighted by molar-refractivity contribution is 0.294. The third-order valence-corrected chi connectivity index (χ3v) is 5.95. The average Bonchev–Trinajstić information content (AvgIpc) is 3.29. The van der Waals surface area contributed by atoms with Crippen LogP contribution in [-0.4, -0.2) is 39.6 Å². The number of imidazole rings is 1. The maximum absolute atomic E-state index is 14.0. The van der Waals surface area contributed by atoms with Gasteiger partial charge in [0, 0.05) is 24.2 Å². The largest absolute Gasteiger partial charge is 0.485 e. The number of fused-ring (bicyclic) bond motifs is 1. The molecular weight excluding hydrogens is 438 g/mol. The lowest BCUT2D eigenvalue weighted by atomic mass is 10.2. The Balaban J connectivity index is 1.69. The van der Waals surface area contributed by atoms with Crippen LogP contribution in [0, 0.1) is 25.5 Å². The van der Waals surface area contributed by atoms with Gasteiger partial charge in [0.25, 0.3) is 0 Å². The molecule has 4 rings (SSSR count). The van der Waals surface area contributed by atoms with Gasteiger partial charge in [-0.15, -0.1) is 0 Å². The number of nitrogens with zero attached hydrogens (tertiary/aromatic N) is 4. The lowest BCUT2D eigenvalue weighted by Gasteiger charge is -2.11. The maximum atomic E-state index is 14.0. The molecule has 0 N–H and O–H groups in total. The van der Waals surface area contributed by atoms with Gasteiger partial charge in [-0.25, -0.2) is 22.2 Å². The summed E-state index contributed by atoms with van der Waals surface area (Å²) >= 11 is 0. The molecule has 168 valence electrons. The fourth-order valence-corrected chi connectivity index (χ4v) is 4.02. The van der Waals surface area contributed by atoms with Crippen LogP contribution in [-0.2, 0) is 23.0 Å². The minimum absolute atomic E-state index is 0.00996. The van der Waals surface area contributed by atoms with E-state index >= 15 is 0 Å². The van der Waals surface area contributed by atoms with E-state index in [-0.39, 0.29) is 24.5 Å². The Morgan fingerprint density at radius 1 is 1.12 bits per heavy atom. The van der Waals surface area contributed by atoms with Gasteiger partial charge in [-0.3, -0.25) is 9.08 Å². The summed E-state index contributed by atoms with van der Waals surface area (Å²) in [5.41, 5.74) is 3.47. The van der Waals surface area contributed by atoms with Crippen molar-refractivity contribution in [3.8, 4) is 17.0 Å². The van der Waals surface area contributed by atoms with Gasteiger partial charge >= 0.3 is 0 Å². The van der Waals surface area contributed by atoms with Crippen molar-refractivity contribution < 1.29 is 21.9 Å². The third-order valence-electron chi connectivity index (χ3n) is 5.03. The molecule has 0 aliphatic heterocycles. The first kappa shape index (κ1) is 21.9. The highest BCUT2D eigenvalue weighted by Crippen LogP contribution is 2.30. The quantitative estimate of drug-likeness (QED) is 0.420. The SMILES string of the molecule is Cc1cc(OCc2c(F)cccc2F)c2nc(C)c(-c3cnn(CCS(C)(=O)=O)c3)n2c1. The van der Waals surface area contributed by atoms with Crippen molar-refractivity contribution in [2.75, 3.05) is 12.0 Å². The molecule has 4 aromatic rings. The highest BCUT2D eigenvalue weighted by Gasteiger charge is 2.18. The first-order valence-electron chi connectivity index (χ1n) is 9.88. The lowest BCUT2D eigenvalue weighted by Crippen LogP contribution is -2.11. The fourth-order valence-electron chi connectivity index (χ4n) is 3.50. The van der Waals surface area contributed by atoms with E-state index in [0.717, 1.165) is 16.8 Å². The standard InChI is InChI=1S/C22H22F2N4O3S/c1-14-9-20(31-13-17-18(23)5-4-6-19(17)24)22-26-15(2)21(28(22)11-14)16-10-25-27(12-16)7-8-32(3,29)30/h4-6,9-12H,7-8,13H2,1-3H3. The Hall–Kier alpha value is -3.27. The molecule has 0 amide bonds. The number of hydrogen-bond donors (Lipinski definition) is 0. The molecule has 1 aromatic carbocycles. The summed E-state index contributed by atoms with van der Waals surface area (Å²) in [6.07, 6.45) is 6.48. The molecule has 0 atom stereocenters. The van der Waals surface area contributed by atoms with Crippen molar-refractivity contribution in [3.05, 3.63) is 71.3 Å². The number of aryl methyl sites for hydroxylation is 3. The summed E-state index contributed by atoms with van der Waals surface area (Å²) in [6.45, 7) is 3.69. The minimum atomic E-state index is -3.10. The Bertz CT molecular complexity index is 1390. The second-order valence-corrected chi connectivity index (χ2v) is 9.99. The molecule has 0 aliphatic rings. The molecule has 0 radical (unpaired) electrons. The average molecular weight is 461 g/mol. The molecule has 32 heavy (non-hydrogen) atoms. The molecule has 0 saturated heterocycles. The number of hydrogen-bond acceptors (Lipinski definition) is 5. The number of sulfone groups is 1. The maximum Gasteiger partial charge on any atom is 0.180 e. The van der Waals surface area contributed by atoms with E-state index in [1.165, 1.54) is 24.5 Å². The van der Waals surface area contributed by atoms with Gasteiger partial charge in [-0.2, -0.15) is 5.10 Å². The summed E-state index contributed by atoms with van der Waals surface area (Å²) in [6, 6.07) is 5.44. The summed E-state index contributed by atoms with van der Waals surface area (Å²) in [7, 11) is -3.10. The van der Waals surface area contributed by atoms with Crippen molar-refractivity contribution in [3.63, 3.8) is 0 Å². The summed E-state index contributed by atoms with van der Waals surface area (Å²) in [5.74, 6) is -0.957. The number of benzene rings is 1. The number of aromatic nitrogens is 4. The second kappa shape index (κ2) is 8.34. The Morgan fingerprint density at radius 3 is 2.53 bits per heavy atom. The number of halogens is 2. The zero-order valence-electron chi connectivity index (χ0n) is 17.8. The fraction of sp³-hybridized carbons (Fsp3) is 0.273. The van der Waals surface area contributed by atoms with Crippen LogP contribution in [0.25, 0.3) is 16.9 Å². The normalized spacial score (nSPS) is 11.9. The molecule has 0 saturated carbocycles. The molecule has 0 fully saturated rings. The Morgan fingerprint density at radius 2 is 1.84 bits per heavy atom. The van der Waals surface area contributed by atoms with Crippen molar-refractivity contribution in [2.24, 2.45) is 0 Å². The van der Waals surface area contributed by atoms with Crippen LogP contribution >= 0.6 is 0 Å². The van der Waals surface area contributed by atoms with Crippen molar-refractivity contribution in [1.82, 2.24) is 19.2 Å². The minimum Gasteiger partial charge on any atom is -0.485 e. The van der Waals surface area contributed by atoms with Crippen LogP contribution in [0.4, 0.5) is 8.78 Å². The number of rotatable bonds is 7. The van der Waals surface area contributed by atoms with Gasteiger partial charge in [0.15, 0.2) is 11.4 Å². The number of ether oxygens (including phenoxy) is 1. The van der Waals surface area contributed by atoms with E-state index in [9.17, 15) is 17.2 Å². The highest BCUT2D eigenvalue weighted by atomic mass is 32.2. The van der Waals surface area contributed by atoms with E-state index in [1.807, 2.05) is 24.4 Å². The van der Waals surface area contributed by atoms with Crippen LogP contribution < -0.4 is 4.74 Å². The molecule has 3 aromatic heterocycles. The molecule has 0 spiro atoms. The second-order valence-electron chi connectivity index (χ2n) is 7.73.